The fraction of sp³-hybridized carbons (Fsp3) is 0.400. The van der Waals surface area contributed by atoms with Crippen LogP contribution in [0.1, 0.15) is 18.1 Å². The normalized spacial score (nSPS) is 12.2. The van der Waals surface area contributed by atoms with Crippen molar-refractivity contribution in [3.05, 3.63) is 41.7 Å². The minimum absolute atomic E-state index is 0.0721. The summed E-state index contributed by atoms with van der Waals surface area (Å²) in [5, 5.41) is 4.12. The molecule has 0 aliphatic carbocycles. The second-order valence-electron chi connectivity index (χ2n) is 4.97. The van der Waals surface area contributed by atoms with E-state index in [2.05, 4.69) is 5.10 Å². The van der Waals surface area contributed by atoms with Gasteiger partial charge in [0.1, 0.15) is 18.1 Å². The number of nitrogens with zero attached hydrogens (tertiary/aromatic N) is 2. The van der Waals surface area contributed by atoms with Crippen molar-refractivity contribution in [2.24, 2.45) is 12.8 Å². The number of nitrogens with two attached hydrogens (primary N) is 1. The molecule has 5 nitrogen and oxygen atoms in total. The number of ether oxygens (including phenoxy) is 2. The zero-order valence-electron chi connectivity index (χ0n) is 12.2. The van der Waals surface area contributed by atoms with Crippen LogP contribution >= 0.6 is 0 Å². The van der Waals surface area contributed by atoms with Gasteiger partial charge in [-0.2, -0.15) is 5.10 Å². The van der Waals surface area contributed by atoms with Crippen molar-refractivity contribution in [2.75, 3.05) is 7.11 Å². The van der Waals surface area contributed by atoms with Crippen LogP contribution in [0.5, 0.6) is 11.5 Å². The average Bonchev–Trinajstić information content (AvgIpc) is 2.82. The van der Waals surface area contributed by atoms with Gasteiger partial charge < -0.3 is 15.2 Å². The van der Waals surface area contributed by atoms with E-state index >= 15 is 0 Å². The Bertz CT molecular complexity index is 564. The van der Waals surface area contributed by atoms with Gasteiger partial charge >= 0.3 is 0 Å². The van der Waals surface area contributed by atoms with Crippen molar-refractivity contribution in [3.63, 3.8) is 0 Å². The molecule has 1 aromatic heterocycles. The van der Waals surface area contributed by atoms with Crippen molar-refractivity contribution >= 4 is 0 Å². The lowest BCUT2D eigenvalue weighted by Crippen LogP contribution is -2.18. The minimum atomic E-state index is 0.0721. The molecule has 0 fully saturated rings. The van der Waals surface area contributed by atoms with E-state index in [1.807, 2.05) is 38.4 Å². The van der Waals surface area contributed by atoms with Crippen LogP contribution in [-0.4, -0.2) is 22.9 Å². The third-order valence-electron chi connectivity index (χ3n) is 2.96. The standard InChI is InChI=1S/C15H21N3O2/c1-11(16)6-13-7-14(19-3)4-5-15(13)20-10-12-8-17-18(2)9-12/h4-5,7-9,11H,6,10,16H2,1-3H3. The van der Waals surface area contributed by atoms with Gasteiger partial charge in [-0.1, -0.05) is 0 Å². The predicted molar refractivity (Wildman–Crippen MR) is 77.9 cm³/mol. The summed E-state index contributed by atoms with van der Waals surface area (Å²) in [6.07, 6.45) is 4.49. The molecule has 2 rings (SSSR count). The summed E-state index contributed by atoms with van der Waals surface area (Å²) in [4.78, 5) is 0. The summed E-state index contributed by atoms with van der Waals surface area (Å²) in [5.74, 6) is 1.65. The van der Waals surface area contributed by atoms with Gasteiger partial charge in [0.25, 0.3) is 0 Å². The zero-order valence-corrected chi connectivity index (χ0v) is 12.2. The van der Waals surface area contributed by atoms with Crippen LogP contribution in [0.2, 0.25) is 0 Å². The van der Waals surface area contributed by atoms with Gasteiger partial charge in [-0.3, -0.25) is 4.68 Å². The Morgan fingerprint density at radius 1 is 1.40 bits per heavy atom. The lowest BCUT2D eigenvalue weighted by atomic mass is 10.1. The molecular formula is C15H21N3O2. The van der Waals surface area contributed by atoms with E-state index in [9.17, 15) is 0 Å². The van der Waals surface area contributed by atoms with Crippen LogP contribution in [0.3, 0.4) is 0 Å². The third-order valence-corrected chi connectivity index (χ3v) is 2.96. The molecule has 0 aliphatic heterocycles. The fourth-order valence-electron chi connectivity index (χ4n) is 2.04. The molecule has 20 heavy (non-hydrogen) atoms. The highest BCUT2D eigenvalue weighted by molar-refractivity contribution is 5.40. The number of aromatic nitrogens is 2. The molecule has 2 aromatic rings. The zero-order chi connectivity index (χ0) is 14.5. The fourth-order valence-corrected chi connectivity index (χ4v) is 2.04. The highest BCUT2D eigenvalue weighted by Gasteiger charge is 2.09. The van der Waals surface area contributed by atoms with Crippen LogP contribution in [0, 0.1) is 0 Å². The molecule has 5 heteroatoms. The average molecular weight is 275 g/mol. The molecule has 0 saturated carbocycles. The molecule has 0 saturated heterocycles. The molecular weight excluding hydrogens is 254 g/mol. The van der Waals surface area contributed by atoms with Crippen molar-refractivity contribution < 1.29 is 9.47 Å². The summed E-state index contributed by atoms with van der Waals surface area (Å²) in [5.41, 5.74) is 7.98. The van der Waals surface area contributed by atoms with Crippen LogP contribution in [-0.2, 0) is 20.1 Å². The van der Waals surface area contributed by atoms with Gasteiger partial charge in [0.05, 0.1) is 13.3 Å². The predicted octanol–water partition coefficient (Wildman–Crippen LogP) is 1.90. The van der Waals surface area contributed by atoms with Gasteiger partial charge in [0.15, 0.2) is 0 Å². The topological polar surface area (TPSA) is 62.3 Å². The first kappa shape index (κ1) is 14.4. The molecule has 0 bridgehead atoms. The number of methoxy groups -OCH3 is 1. The Kier molecular flexibility index (Phi) is 4.63. The first-order chi connectivity index (χ1) is 9.58. The monoisotopic (exact) mass is 275 g/mol. The van der Waals surface area contributed by atoms with E-state index in [0.29, 0.717) is 6.61 Å². The van der Waals surface area contributed by atoms with Gasteiger partial charge in [0, 0.05) is 24.8 Å². The number of rotatable bonds is 6. The molecule has 1 heterocycles. The number of hydrogen-bond acceptors (Lipinski definition) is 4. The maximum atomic E-state index is 5.89. The number of benzene rings is 1. The molecule has 108 valence electrons. The molecule has 0 spiro atoms. The Hall–Kier alpha value is -2.01. The Morgan fingerprint density at radius 3 is 2.80 bits per heavy atom. The van der Waals surface area contributed by atoms with Crippen molar-refractivity contribution in [2.45, 2.75) is 26.0 Å². The smallest absolute Gasteiger partial charge is 0.123 e. The Morgan fingerprint density at radius 2 is 2.20 bits per heavy atom. The van der Waals surface area contributed by atoms with E-state index in [0.717, 1.165) is 29.0 Å². The highest BCUT2D eigenvalue weighted by Crippen LogP contribution is 2.26. The van der Waals surface area contributed by atoms with E-state index in [-0.39, 0.29) is 6.04 Å². The summed E-state index contributed by atoms with van der Waals surface area (Å²) in [7, 11) is 3.54. The van der Waals surface area contributed by atoms with E-state index in [4.69, 9.17) is 15.2 Å². The number of hydrogen-bond donors (Lipinski definition) is 1. The van der Waals surface area contributed by atoms with E-state index in [1.54, 1.807) is 18.0 Å². The molecule has 0 aliphatic rings. The van der Waals surface area contributed by atoms with Crippen LogP contribution in [0.15, 0.2) is 30.6 Å². The number of aryl methyl sites for hydroxylation is 1. The maximum Gasteiger partial charge on any atom is 0.123 e. The molecule has 0 amide bonds. The maximum absolute atomic E-state index is 5.89. The largest absolute Gasteiger partial charge is 0.497 e. The lowest BCUT2D eigenvalue weighted by Gasteiger charge is -2.14. The summed E-state index contributed by atoms with van der Waals surface area (Å²) >= 11 is 0. The van der Waals surface area contributed by atoms with Gasteiger partial charge in [0.2, 0.25) is 0 Å². The van der Waals surface area contributed by atoms with Crippen molar-refractivity contribution in [1.82, 2.24) is 9.78 Å². The quantitative estimate of drug-likeness (QED) is 0.874. The Balaban J connectivity index is 2.12. The minimum Gasteiger partial charge on any atom is -0.497 e. The van der Waals surface area contributed by atoms with Crippen LogP contribution in [0.25, 0.3) is 0 Å². The van der Waals surface area contributed by atoms with Gasteiger partial charge in [-0.05, 0) is 37.1 Å². The lowest BCUT2D eigenvalue weighted by molar-refractivity contribution is 0.301. The third kappa shape index (κ3) is 3.74. The van der Waals surface area contributed by atoms with Gasteiger partial charge in [-0.15, -0.1) is 0 Å². The van der Waals surface area contributed by atoms with Crippen LogP contribution < -0.4 is 15.2 Å². The first-order valence-electron chi connectivity index (χ1n) is 6.61. The van der Waals surface area contributed by atoms with E-state index in [1.165, 1.54) is 0 Å². The summed E-state index contributed by atoms with van der Waals surface area (Å²) in [6, 6.07) is 5.86. The van der Waals surface area contributed by atoms with Crippen molar-refractivity contribution in [3.8, 4) is 11.5 Å². The van der Waals surface area contributed by atoms with Crippen LogP contribution in [0.4, 0.5) is 0 Å². The first-order valence-corrected chi connectivity index (χ1v) is 6.61. The molecule has 1 unspecified atom stereocenters. The second kappa shape index (κ2) is 6.43. The highest BCUT2D eigenvalue weighted by atomic mass is 16.5. The Labute approximate surface area is 119 Å². The summed E-state index contributed by atoms with van der Waals surface area (Å²) < 4.78 is 12.9. The van der Waals surface area contributed by atoms with Crippen molar-refractivity contribution in [1.29, 1.82) is 0 Å². The van der Waals surface area contributed by atoms with Gasteiger partial charge in [-0.25, -0.2) is 0 Å². The molecule has 0 radical (unpaired) electrons. The second-order valence-corrected chi connectivity index (χ2v) is 4.97. The molecule has 1 atom stereocenters. The summed E-state index contributed by atoms with van der Waals surface area (Å²) in [6.45, 7) is 2.47. The molecule has 1 aromatic carbocycles. The SMILES string of the molecule is COc1ccc(OCc2cnn(C)c2)c(CC(C)N)c1. The molecule has 2 N–H and O–H groups in total. The van der Waals surface area contributed by atoms with E-state index < -0.39 is 0 Å².